The summed E-state index contributed by atoms with van der Waals surface area (Å²) in [6.07, 6.45) is -4.95. The number of alkyl halides is 3. The van der Waals surface area contributed by atoms with Crippen molar-refractivity contribution < 1.29 is 13.2 Å². The Balaban J connectivity index is 2.53. The Bertz CT molecular complexity index is 379. The molecule has 1 rings (SSSR count). The van der Waals surface area contributed by atoms with Crippen LogP contribution in [0.15, 0.2) is 18.2 Å². The molecular formula is C11H12Cl2F3N. The topological polar surface area (TPSA) is 3.24 Å². The number of halogens is 5. The van der Waals surface area contributed by atoms with Gasteiger partial charge < -0.3 is 4.90 Å². The van der Waals surface area contributed by atoms with Gasteiger partial charge >= 0.3 is 6.18 Å². The Hall–Kier alpha value is -0.450. The van der Waals surface area contributed by atoms with E-state index in [-0.39, 0.29) is 6.54 Å². The van der Waals surface area contributed by atoms with Gasteiger partial charge in [0.1, 0.15) is 0 Å². The zero-order valence-corrected chi connectivity index (χ0v) is 10.7. The second kappa shape index (κ2) is 5.94. The lowest BCUT2D eigenvalue weighted by atomic mass is 10.2. The highest BCUT2D eigenvalue weighted by atomic mass is 35.5. The minimum atomic E-state index is -4.13. The molecule has 0 aromatic heterocycles. The second-order valence-electron chi connectivity index (χ2n) is 3.84. The SMILES string of the molecule is CN(CCC(F)(F)F)Cc1ccc(Cl)cc1Cl. The van der Waals surface area contributed by atoms with Gasteiger partial charge in [-0.25, -0.2) is 0 Å². The van der Waals surface area contributed by atoms with Gasteiger partial charge in [-0.15, -0.1) is 0 Å². The van der Waals surface area contributed by atoms with Crippen molar-refractivity contribution in [1.29, 1.82) is 0 Å². The third-order valence-corrected chi connectivity index (χ3v) is 2.82. The van der Waals surface area contributed by atoms with Crippen LogP contribution in [0.4, 0.5) is 13.2 Å². The number of hydrogen-bond acceptors (Lipinski definition) is 1. The van der Waals surface area contributed by atoms with Gasteiger partial charge in [0.05, 0.1) is 6.42 Å². The van der Waals surface area contributed by atoms with Crippen LogP contribution in [-0.4, -0.2) is 24.7 Å². The van der Waals surface area contributed by atoms with Crippen molar-refractivity contribution in [3.05, 3.63) is 33.8 Å². The molecule has 0 aliphatic carbocycles. The van der Waals surface area contributed by atoms with Gasteiger partial charge in [-0.3, -0.25) is 0 Å². The molecule has 0 atom stereocenters. The smallest absolute Gasteiger partial charge is 0.302 e. The second-order valence-corrected chi connectivity index (χ2v) is 4.68. The number of benzene rings is 1. The Kier molecular flexibility index (Phi) is 5.10. The first-order valence-corrected chi connectivity index (χ1v) is 5.73. The molecule has 1 aromatic rings. The maximum Gasteiger partial charge on any atom is 0.390 e. The molecule has 0 aliphatic heterocycles. The molecule has 0 aliphatic rings. The van der Waals surface area contributed by atoms with Gasteiger partial charge in [-0.1, -0.05) is 29.3 Å². The molecule has 0 bridgehead atoms. The fourth-order valence-corrected chi connectivity index (χ4v) is 1.81. The average Bonchev–Trinajstić information content (AvgIpc) is 2.18. The van der Waals surface area contributed by atoms with E-state index in [1.807, 2.05) is 0 Å². The van der Waals surface area contributed by atoms with E-state index >= 15 is 0 Å². The molecule has 6 heteroatoms. The Labute approximate surface area is 108 Å². The normalized spacial score (nSPS) is 12.2. The fourth-order valence-electron chi connectivity index (χ4n) is 1.34. The monoisotopic (exact) mass is 285 g/mol. The highest BCUT2D eigenvalue weighted by Gasteiger charge is 2.27. The minimum absolute atomic E-state index is 0.0531. The van der Waals surface area contributed by atoms with Crippen LogP contribution in [0, 0.1) is 0 Å². The average molecular weight is 286 g/mol. The van der Waals surface area contributed by atoms with Crippen LogP contribution in [0.25, 0.3) is 0 Å². The van der Waals surface area contributed by atoms with Crippen LogP contribution in [0.5, 0.6) is 0 Å². The van der Waals surface area contributed by atoms with E-state index in [4.69, 9.17) is 23.2 Å². The standard InChI is InChI=1S/C11H12Cl2F3N/c1-17(5-4-11(14,15)16)7-8-2-3-9(12)6-10(8)13/h2-3,6H,4-5,7H2,1H3. The lowest BCUT2D eigenvalue weighted by Crippen LogP contribution is -2.24. The van der Waals surface area contributed by atoms with E-state index in [2.05, 4.69) is 0 Å². The third-order valence-electron chi connectivity index (χ3n) is 2.23. The van der Waals surface area contributed by atoms with Crippen molar-refractivity contribution >= 4 is 23.2 Å². The molecule has 0 saturated carbocycles. The molecule has 1 nitrogen and oxygen atoms in total. The summed E-state index contributed by atoms with van der Waals surface area (Å²) in [6.45, 7) is 0.314. The quantitative estimate of drug-likeness (QED) is 0.794. The van der Waals surface area contributed by atoms with Gasteiger partial charge in [0.25, 0.3) is 0 Å². The van der Waals surface area contributed by atoms with E-state index in [1.54, 1.807) is 30.1 Å². The largest absolute Gasteiger partial charge is 0.390 e. The molecule has 0 N–H and O–H groups in total. The van der Waals surface area contributed by atoms with Crippen LogP contribution in [0.1, 0.15) is 12.0 Å². The fraction of sp³-hybridized carbons (Fsp3) is 0.455. The molecule has 0 unspecified atom stereocenters. The van der Waals surface area contributed by atoms with Gasteiger partial charge in [-0.05, 0) is 24.7 Å². The van der Waals surface area contributed by atoms with Crippen molar-refractivity contribution in [3.63, 3.8) is 0 Å². The van der Waals surface area contributed by atoms with Crippen molar-refractivity contribution in [3.8, 4) is 0 Å². The summed E-state index contributed by atoms with van der Waals surface area (Å²) >= 11 is 11.7. The van der Waals surface area contributed by atoms with Crippen LogP contribution in [0.3, 0.4) is 0 Å². The number of nitrogens with zero attached hydrogens (tertiary/aromatic N) is 1. The molecule has 96 valence electrons. The predicted octanol–water partition coefficient (Wildman–Crippen LogP) is 4.38. The third kappa shape index (κ3) is 5.61. The summed E-state index contributed by atoms with van der Waals surface area (Å²) < 4.78 is 36.1. The van der Waals surface area contributed by atoms with Gasteiger partial charge in [0, 0.05) is 23.1 Å². The molecule has 0 saturated heterocycles. The molecule has 0 spiro atoms. The Morgan fingerprint density at radius 1 is 1.24 bits per heavy atom. The maximum atomic E-state index is 12.0. The number of hydrogen-bond donors (Lipinski definition) is 0. The lowest BCUT2D eigenvalue weighted by molar-refractivity contribution is -0.137. The molecular weight excluding hydrogens is 274 g/mol. The highest BCUT2D eigenvalue weighted by molar-refractivity contribution is 6.35. The summed E-state index contributed by atoms with van der Waals surface area (Å²) in [5, 5.41) is 0.980. The zero-order valence-electron chi connectivity index (χ0n) is 9.19. The molecule has 0 amide bonds. The molecule has 17 heavy (non-hydrogen) atoms. The van der Waals surface area contributed by atoms with Gasteiger partial charge in [0.15, 0.2) is 0 Å². The highest BCUT2D eigenvalue weighted by Crippen LogP contribution is 2.23. The first-order valence-electron chi connectivity index (χ1n) is 4.97. The van der Waals surface area contributed by atoms with E-state index in [0.29, 0.717) is 16.6 Å². The van der Waals surface area contributed by atoms with E-state index in [9.17, 15) is 13.2 Å². The lowest BCUT2D eigenvalue weighted by Gasteiger charge is -2.18. The summed E-state index contributed by atoms with van der Waals surface area (Å²) in [5.74, 6) is 0. The first-order chi connectivity index (χ1) is 7.78. The van der Waals surface area contributed by atoms with Crippen LogP contribution in [0.2, 0.25) is 10.0 Å². The molecule has 0 radical (unpaired) electrons. The van der Waals surface area contributed by atoms with Crippen LogP contribution < -0.4 is 0 Å². The van der Waals surface area contributed by atoms with Crippen LogP contribution in [-0.2, 0) is 6.54 Å². The Morgan fingerprint density at radius 3 is 2.41 bits per heavy atom. The number of rotatable bonds is 4. The molecule has 0 heterocycles. The van der Waals surface area contributed by atoms with E-state index in [1.165, 1.54) is 0 Å². The maximum absolute atomic E-state index is 12.0. The minimum Gasteiger partial charge on any atom is -0.302 e. The summed E-state index contributed by atoms with van der Waals surface area (Å²) in [7, 11) is 1.62. The van der Waals surface area contributed by atoms with Crippen LogP contribution >= 0.6 is 23.2 Å². The molecule has 0 fully saturated rings. The summed E-state index contributed by atoms with van der Waals surface area (Å²) in [6, 6.07) is 4.96. The Morgan fingerprint density at radius 2 is 1.88 bits per heavy atom. The first kappa shape index (κ1) is 14.6. The van der Waals surface area contributed by atoms with E-state index in [0.717, 1.165) is 5.56 Å². The van der Waals surface area contributed by atoms with Gasteiger partial charge in [-0.2, -0.15) is 13.2 Å². The summed E-state index contributed by atoms with van der Waals surface area (Å²) in [4.78, 5) is 1.57. The predicted molar refractivity (Wildman–Crippen MR) is 63.5 cm³/mol. The zero-order chi connectivity index (χ0) is 13.1. The van der Waals surface area contributed by atoms with Gasteiger partial charge in [0.2, 0.25) is 0 Å². The van der Waals surface area contributed by atoms with E-state index < -0.39 is 12.6 Å². The van der Waals surface area contributed by atoms with Crippen molar-refractivity contribution in [2.24, 2.45) is 0 Å². The summed E-state index contributed by atoms with van der Waals surface area (Å²) in [5.41, 5.74) is 0.765. The van der Waals surface area contributed by atoms with Crippen molar-refractivity contribution in [2.75, 3.05) is 13.6 Å². The van der Waals surface area contributed by atoms with Crippen molar-refractivity contribution in [1.82, 2.24) is 4.90 Å². The molecule has 1 aromatic carbocycles. The van der Waals surface area contributed by atoms with Crippen molar-refractivity contribution in [2.45, 2.75) is 19.1 Å².